The van der Waals surface area contributed by atoms with Crippen LogP contribution in [0.15, 0.2) is 36.9 Å². The Morgan fingerprint density at radius 1 is 1.09 bits per heavy atom. The minimum absolute atomic E-state index is 0.0450. The van der Waals surface area contributed by atoms with E-state index in [-0.39, 0.29) is 34.6 Å². The standard InChI is InChI=1S/C26H30N2O5S/c1-6-9-14-28-19-13-11-10-12-18(19)16(4)21(28)23(29)27-24-20(25(30)32-8-3)17(5)22(34-24)26(31)33-15-7-2/h7,10-13H,2,6,8-9,14-15H2,1,3-5H3,(H,27,29). The molecule has 1 amide bonds. The second kappa shape index (κ2) is 11.2. The first-order valence-corrected chi connectivity index (χ1v) is 12.1. The van der Waals surface area contributed by atoms with E-state index in [4.69, 9.17) is 9.47 Å². The number of ether oxygens (including phenoxy) is 2. The van der Waals surface area contributed by atoms with Crippen molar-refractivity contribution >= 4 is 45.1 Å². The van der Waals surface area contributed by atoms with E-state index in [0.717, 1.165) is 40.6 Å². The molecule has 3 aromatic rings. The van der Waals surface area contributed by atoms with Crippen molar-refractivity contribution < 1.29 is 23.9 Å². The number of benzene rings is 1. The highest BCUT2D eigenvalue weighted by molar-refractivity contribution is 7.18. The van der Waals surface area contributed by atoms with E-state index in [1.54, 1.807) is 13.8 Å². The molecule has 0 fully saturated rings. The van der Waals surface area contributed by atoms with Crippen LogP contribution in [0.4, 0.5) is 5.00 Å². The minimum Gasteiger partial charge on any atom is -0.462 e. The van der Waals surface area contributed by atoms with Crippen LogP contribution in [0, 0.1) is 13.8 Å². The Balaban J connectivity index is 2.07. The number of carbonyl (C=O) groups is 3. The summed E-state index contributed by atoms with van der Waals surface area (Å²) in [6.45, 7) is 11.8. The number of unbranched alkanes of at least 4 members (excludes halogenated alkanes) is 1. The molecular formula is C26H30N2O5S. The van der Waals surface area contributed by atoms with Gasteiger partial charge in [-0.3, -0.25) is 4.79 Å². The van der Waals surface area contributed by atoms with Gasteiger partial charge in [0, 0.05) is 17.4 Å². The molecule has 0 unspecified atom stereocenters. The molecule has 0 atom stereocenters. The summed E-state index contributed by atoms with van der Waals surface area (Å²) in [4.78, 5) is 39.1. The lowest BCUT2D eigenvalue weighted by atomic mass is 10.1. The number of carbonyl (C=O) groups excluding carboxylic acids is 3. The van der Waals surface area contributed by atoms with E-state index in [1.165, 1.54) is 6.08 Å². The number of rotatable bonds is 10. The maximum absolute atomic E-state index is 13.6. The van der Waals surface area contributed by atoms with E-state index in [1.807, 2.05) is 35.8 Å². The Morgan fingerprint density at radius 2 is 1.82 bits per heavy atom. The molecule has 0 aliphatic rings. The maximum atomic E-state index is 13.6. The highest BCUT2D eigenvalue weighted by Gasteiger charge is 2.29. The van der Waals surface area contributed by atoms with Gasteiger partial charge in [-0.05, 0) is 44.4 Å². The summed E-state index contributed by atoms with van der Waals surface area (Å²) in [6.07, 6.45) is 3.37. The van der Waals surface area contributed by atoms with E-state index in [0.29, 0.717) is 17.8 Å². The first kappa shape index (κ1) is 25.2. The highest BCUT2D eigenvalue weighted by atomic mass is 32.1. The van der Waals surface area contributed by atoms with Crippen molar-refractivity contribution in [1.82, 2.24) is 4.57 Å². The average molecular weight is 483 g/mol. The topological polar surface area (TPSA) is 86.6 Å². The predicted molar refractivity (Wildman–Crippen MR) is 135 cm³/mol. The number of fused-ring (bicyclic) bond motifs is 1. The summed E-state index contributed by atoms with van der Waals surface area (Å²) in [5.41, 5.74) is 2.96. The predicted octanol–water partition coefficient (Wildman–Crippen LogP) is 5.89. The van der Waals surface area contributed by atoms with Gasteiger partial charge in [-0.2, -0.15) is 0 Å². The van der Waals surface area contributed by atoms with E-state index in [9.17, 15) is 14.4 Å². The Kier molecular flexibility index (Phi) is 8.28. The molecule has 7 nitrogen and oxygen atoms in total. The van der Waals surface area contributed by atoms with E-state index < -0.39 is 11.9 Å². The van der Waals surface area contributed by atoms with Crippen LogP contribution in [0.3, 0.4) is 0 Å². The van der Waals surface area contributed by atoms with Gasteiger partial charge in [-0.15, -0.1) is 11.3 Å². The quantitative estimate of drug-likeness (QED) is 0.288. The molecule has 0 saturated heterocycles. The van der Waals surface area contributed by atoms with Crippen LogP contribution in [0.25, 0.3) is 10.9 Å². The first-order valence-electron chi connectivity index (χ1n) is 11.3. The first-order chi connectivity index (χ1) is 16.3. The largest absolute Gasteiger partial charge is 0.462 e. The fraction of sp³-hybridized carbons (Fsp3) is 0.346. The lowest BCUT2D eigenvalue weighted by Gasteiger charge is -2.12. The molecule has 1 N–H and O–H groups in total. The average Bonchev–Trinajstić information content (AvgIpc) is 3.30. The number of aryl methyl sites for hydroxylation is 2. The Hall–Kier alpha value is -3.39. The van der Waals surface area contributed by atoms with Gasteiger partial charge in [-0.25, -0.2) is 9.59 Å². The van der Waals surface area contributed by atoms with Crippen LogP contribution in [0.2, 0.25) is 0 Å². The fourth-order valence-corrected chi connectivity index (χ4v) is 5.01. The molecule has 1 aromatic carbocycles. The number of nitrogens with one attached hydrogen (secondary N) is 1. The number of amides is 1. The Morgan fingerprint density at radius 3 is 2.50 bits per heavy atom. The number of hydrogen-bond acceptors (Lipinski definition) is 6. The normalized spacial score (nSPS) is 10.8. The maximum Gasteiger partial charge on any atom is 0.348 e. The van der Waals surface area contributed by atoms with Crippen LogP contribution < -0.4 is 5.32 Å². The van der Waals surface area contributed by atoms with Gasteiger partial charge in [0.1, 0.15) is 22.2 Å². The zero-order valence-electron chi connectivity index (χ0n) is 20.0. The van der Waals surface area contributed by atoms with Crippen molar-refractivity contribution in [3.63, 3.8) is 0 Å². The minimum atomic E-state index is -0.599. The second-order valence-electron chi connectivity index (χ2n) is 7.82. The molecule has 34 heavy (non-hydrogen) atoms. The summed E-state index contributed by atoms with van der Waals surface area (Å²) in [5.74, 6) is -1.53. The summed E-state index contributed by atoms with van der Waals surface area (Å²) in [6, 6.07) is 7.90. The summed E-state index contributed by atoms with van der Waals surface area (Å²) < 4.78 is 12.4. The van der Waals surface area contributed by atoms with Crippen molar-refractivity contribution in [3.05, 3.63) is 64.2 Å². The van der Waals surface area contributed by atoms with Crippen LogP contribution in [-0.2, 0) is 16.0 Å². The lowest BCUT2D eigenvalue weighted by molar-refractivity contribution is 0.0527. The highest BCUT2D eigenvalue weighted by Crippen LogP contribution is 2.35. The summed E-state index contributed by atoms with van der Waals surface area (Å²) >= 11 is 1.01. The van der Waals surface area contributed by atoms with Crippen LogP contribution in [0.1, 0.15) is 68.3 Å². The molecule has 8 heteroatoms. The van der Waals surface area contributed by atoms with Crippen LogP contribution >= 0.6 is 11.3 Å². The van der Waals surface area contributed by atoms with Gasteiger partial charge in [0.25, 0.3) is 5.91 Å². The smallest absolute Gasteiger partial charge is 0.348 e. The van der Waals surface area contributed by atoms with Crippen LogP contribution in [-0.4, -0.2) is 35.6 Å². The summed E-state index contributed by atoms with van der Waals surface area (Å²) in [7, 11) is 0. The third-order valence-electron chi connectivity index (χ3n) is 5.55. The van der Waals surface area contributed by atoms with Gasteiger partial charge < -0.3 is 19.4 Å². The van der Waals surface area contributed by atoms with Crippen molar-refractivity contribution in [1.29, 1.82) is 0 Å². The number of para-hydroxylation sites is 1. The van der Waals surface area contributed by atoms with Gasteiger partial charge in [-0.1, -0.05) is 44.2 Å². The zero-order valence-corrected chi connectivity index (χ0v) is 20.8. The lowest BCUT2D eigenvalue weighted by Crippen LogP contribution is -2.19. The Labute approximate surface area is 203 Å². The number of esters is 2. The molecule has 0 aliphatic heterocycles. The molecule has 2 heterocycles. The van der Waals surface area contributed by atoms with Crippen molar-refractivity contribution in [2.75, 3.05) is 18.5 Å². The molecule has 0 spiro atoms. The number of nitrogens with zero attached hydrogens (tertiary/aromatic N) is 1. The van der Waals surface area contributed by atoms with Gasteiger partial charge in [0.2, 0.25) is 0 Å². The molecule has 3 rings (SSSR count). The van der Waals surface area contributed by atoms with Gasteiger partial charge in [0.15, 0.2) is 0 Å². The molecule has 0 bridgehead atoms. The van der Waals surface area contributed by atoms with Gasteiger partial charge in [0.05, 0.1) is 12.2 Å². The second-order valence-corrected chi connectivity index (χ2v) is 8.84. The van der Waals surface area contributed by atoms with Crippen molar-refractivity contribution in [2.24, 2.45) is 0 Å². The number of thiophene rings is 1. The fourth-order valence-electron chi connectivity index (χ4n) is 3.93. The third kappa shape index (κ3) is 4.92. The zero-order chi connectivity index (χ0) is 24.8. The van der Waals surface area contributed by atoms with E-state index in [2.05, 4.69) is 18.8 Å². The third-order valence-corrected chi connectivity index (χ3v) is 6.73. The molecule has 0 radical (unpaired) electrons. The number of anilines is 1. The molecule has 180 valence electrons. The van der Waals surface area contributed by atoms with Crippen molar-refractivity contribution in [3.8, 4) is 0 Å². The van der Waals surface area contributed by atoms with Gasteiger partial charge >= 0.3 is 11.9 Å². The number of aromatic nitrogens is 1. The van der Waals surface area contributed by atoms with E-state index >= 15 is 0 Å². The summed E-state index contributed by atoms with van der Waals surface area (Å²) in [5, 5.41) is 4.15. The molecule has 0 aliphatic carbocycles. The number of hydrogen-bond donors (Lipinski definition) is 1. The SMILES string of the molecule is C=CCOC(=O)c1sc(NC(=O)c2c(C)c3ccccc3n2CCCC)c(C(=O)OCC)c1C. The molecular weight excluding hydrogens is 452 g/mol. The van der Waals surface area contributed by atoms with Crippen LogP contribution in [0.5, 0.6) is 0 Å². The Bertz CT molecular complexity index is 1240. The monoisotopic (exact) mass is 482 g/mol. The molecule has 2 aromatic heterocycles. The molecule has 0 saturated carbocycles. The van der Waals surface area contributed by atoms with Crippen molar-refractivity contribution in [2.45, 2.75) is 47.1 Å².